The van der Waals surface area contributed by atoms with Crippen LogP contribution in [-0.4, -0.2) is 21.6 Å². The van der Waals surface area contributed by atoms with Gasteiger partial charge in [0.05, 0.1) is 6.61 Å². The molecule has 0 aliphatic heterocycles. The molecular formula is C8H7F4NO3. The van der Waals surface area contributed by atoms with E-state index in [0.29, 0.717) is 0 Å². The summed E-state index contributed by atoms with van der Waals surface area (Å²) < 4.78 is 51.4. The predicted molar refractivity (Wildman–Crippen MR) is 43.3 cm³/mol. The lowest BCUT2D eigenvalue weighted by atomic mass is 10.2. The van der Waals surface area contributed by atoms with E-state index in [4.69, 9.17) is 10.2 Å². The molecule has 0 amide bonds. The molecule has 0 saturated heterocycles. The summed E-state index contributed by atoms with van der Waals surface area (Å²) in [5.41, 5.74) is -0.969. The van der Waals surface area contributed by atoms with Crippen molar-refractivity contribution in [1.82, 2.24) is 4.98 Å². The van der Waals surface area contributed by atoms with Crippen molar-refractivity contribution in [1.29, 1.82) is 0 Å². The Morgan fingerprint density at radius 3 is 2.44 bits per heavy atom. The number of aliphatic hydroxyl groups is 1. The van der Waals surface area contributed by atoms with Crippen LogP contribution in [0.4, 0.5) is 17.6 Å². The SMILES string of the molecule is OCc1nc(OC(F)(F)F)c(CF)cc1O. The number of aromatic nitrogens is 1. The number of pyridine rings is 1. The Labute approximate surface area is 87.1 Å². The molecule has 0 bridgehead atoms. The van der Waals surface area contributed by atoms with Gasteiger partial charge in [-0.2, -0.15) is 0 Å². The van der Waals surface area contributed by atoms with E-state index in [9.17, 15) is 17.6 Å². The quantitative estimate of drug-likeness (QED) is 0.790. The lowest BCUT2D eigenvalue weighted by Gasteiger charge is -2.12. The van der Waals surface area contributed by atoms with Gasteiger partial charge in [-0.15, -0.1) is 13.2 Å². The van der Waals surface area contributed by atoms with Gasteiger partial charge in [0.2, 0.25) is 5.88 Å². The Hall–Kier alpha value is -1.57. The number of ether oxygens (including phenoxy) is 1. The highest BCUT2D eigenvalue weighted by molar-refractivity contribution is 5.37. The zero-order chi connectivity index (χ0) is 12.3. The second kappa shape index (κ2) is 4.52. The van der Waals surface area contributed by atoms with Crippen LogP contribution in [0.5, 0.6) is 11.6 Å². The van der Waals surface area contributed by atoms with Crippen LogP contribution < -0.4 is 4.74 Å². The number of aromatic hydroxyl groups is 1. The predicted octanol–water partition coefficient (Wildman–Crippen LogP) is 1.65. The summed E-state index contributed by atoms with van der Waals surface area (Å²) in [7, 11) is 0. The van der Waals surface area contributed by atoms with Crippen molar-refractivity contribution in [2.24, 2.45) is 0 Å². The molecule has 1 aromatic rings. The van der Waals surface area contributed by atoms with Crippen LogP contribution in [0.2, 0.25) is 0 Å². The fraction of sp³-hybridized carbons (Fsp3) is 0.375. The molecule has 1 rings (SSSR count). The summed E-state index contributed by atoms with van der Waals surface area (Å²) in [6.07, 6.45) is -5.01. The smallest absolute Gasteiger partial charge is 0.506 e. The Morgan fingerprint density at radius 2 is 2.00 bits per heavy atom. The van der Waals surface area contributed by atoms with Crippen molar-refractivity contribution in [2.45, 2.75) is 19.6 Å². The molecule has 4 nitrogen and oxygen atoms in total. The molecule has 0 aliphatic rings. The van der Waals surface area contributed by atoms with Gasteiger partial charge < -0.3 is 14.9 Å². The zero-order valence-corrected chi connectivity index (χ0v) is 7.75. The van der Waals surface area contributed by atoms with Crippen molar-refractivity contribution >= 4 is 0 Å². The molecule has 0 unspecified atom stereocenters. The highest BCUT2D eigenvalue weighted by atomic mass is 19.4. The molecule has 0 spiro atoms. The van der Waals surface area contributed by atoms with Gasteiger partial charge in [0.25, 0.3) is 0 Å². The minimum absolute atomic E-state index is 0.420. The Balaban J connectivity index is 3.15. The minimum atomic E-state index is -5.01. The molecule has 16 heavy (non-hydrogen) atoms. The minimum Gasteiger partial charge on any atom is -0.506 e. The van der Waals surface area contributed by atoms with Crippen LogP contribution in [0.1, 0.15) is 11.3 Å². The Bertz CT molecular complexity index is 380. The molecule has 0 saturated carbocycles. The standard InChI is InChI=1S/C8H7F4NO3/c9-2-4-1-6(15)5(3-14)13-7(4)16-8(10,11)12/h1,14-15H,2-3H2. The molecule has 0 aromatic carbocycles. The third kappa shape index (κ3) is 2.96. The first-order valence-corrected chi connectivity index (χ1v) is 4.01. The fourth-order valence-electron chi connectivity index (χ4n) is 0.972. The Kier molecular flexibility index (Phi) is 3.53. The van der Waals surface area contributed by atoms with Gasteiger partial charge in [-0.25, -0.2) is 9.37 Å². The molecule has 90 valence electrons. The highest BCUT2D eigenvalue weighted by Crippen LogP contribution is 2.29. The van der Waals surface area contributed by atoms with Crippen LogP contribution in [0.3, 0.4) is 0 Å². The lowest BCUT2D eigenvalue weighted by molar-refractivity contribution is -0.276. The van der Waals surface area contributed by atoms with Crippen LogP contribution in [0, 0.1) is 0 Å². The average molecular weight is 241 g/mol. The monoisotopic (exact) mass is 241 g/mol. The van der Waals surface area contributed by atoms with Gasteiger partial charge in [0, 0.05) is 5.56 Å². The summed E-state index contributed by atoms with van der Waals surface area (Å²) in [6, 6.07) is 0.722. The van der Waals surface area contributed by atoms with Gasteiger partial charge in [0.1, 0.15) is 18.1 Å². The third-order valence-corrected chi connectivity index (χ3v) is 1.62. The summed E-state index contributed by atoms with van der Waals surface area (Å²) >= 11 is 0. The van der Waals surface area contributed by atoms with Crippen molar-refractivity contribution in [2.75, 3.05) is 0 Å². The van der Waals surface area contributed by atoms with Crippen molar-refractivity contribution in [3.05, 3.63) is 17.3 Å². The molecule has 0 aliphatic carbocycles. The largest absolute Gasteiger partial charge is 0.574 e. The lowest BCUT2D eigenvalue weighted by Crippen LogP contribution is -2.19. The van der Waals surface area contributed by atoms with Crippen molar-refractivity contribution in [3.8, 4) is 11.6 Å². The van der Waals surface area contributed by atoms with E-state index < -0.39 is 42.5 Å². The second-order valence-electron chi connectivity index (χ2n) is 2.76. The normalized spacial score (nSPS) is 11.6. The van der Waals surface area contributed by atoms with E-state index in [1.807, 2.05) is 0 Å². The van der Waals surface area contributed by atoms with Crippen molar-refractivity contribution < 1.29 is 32.5 Å². The second-order valence-corrected chi connectivity index (χ2v) is 2.76. The van der Waals surface area contributed by atoms with E-state index in [-0.39, 0.29) is 0 Å². The van der Waals surface area contributed by atoms with E-state index in [0.717, 1.165) is 6.07 Å². The maximum absolute atomic E-state index is 12.3. The molecule has 0 fully saturated rings. The highest BCUT2D eigenvalue weighted by Gasteiger charge is 2.33. The number of aliphatic hydroxyl groups excluding tert-OH is 1. The van der Waals surface area contributed by atoms with Crippen molar-refractivity contribution in [3.63, 3.8) is 0 Å². The number of nitrogens with zero attached hydrogens (tertiary/aromatic N) is 1. The maximum atomic E-state index is 12.3. The van der Waals surface area contributed by atoms with Gasteiger partial charge in [-0.05, 0) is 6.07 Å². The summed E-state index contributed by atoms with van der Waals surface area (Å²) in [4.78, 5) is 3.16. The van der Waals surface area contributed by atoms with Gasteiger partial charge in [-0.3, -0.25) is 0 Å². The van der Waals surface area contributed by atoms with E-state index in [2.05, 4.69) is 9.72 Å². The van der Waals surface area contributed by atoms with Crippen LogP contribution in [0.15, 0.2) is 6.07 Å². The zero-order valence-electron chi connectivity index (χ0n) is 7.75. The van der Waals surface area contributed by atoms with E-state index >= 15 is 0 Å². The third-order valence-electron chi connectivity index (χ3n) is 1.62. The molecule has 0 radical (unpaired) electrons. The first-order valence-electron chi connectivity index (χ1n) is 4.01. The van der Waals surface area contributed by atoms with Crippen LogP contribution >= 0.6 is 0 Å². The summed E-state index contributed by atoms with van der Waals surface area (Å²) in [6.45, 7) is -2.07. The number of halogens is 4. The number of hydrogen-bond acceptors (Lipinski definition) is 4. The maximum Gasteiger partial charge on any atom is 0.574 e. The van der Waals surface area contributed by atoms with Gasteiger partial charge in [0.15, 0.2) is 0 Å². The first kappa shape index (κ1) is 12.5. The van der Waals surface area contributed by atoms with Crippen LogP contribution in [0.25, 0.3) is 0 Å². The molecule has 0 atom stereocenters. The molecule has 2 N–H and O–H groups in total. The first-order chi connectivity index (χ1) is 7.37. The van der Waals surface area contributed by atoms with E-state index in [1.54, 1.807) is 0 Å². The molecule has 1 heterocycles. The topological polar surface area (TPSA) is 62.6 Å². The molecular weight excluding hydrogens is 234 g/mol. The number of rotatable bonds is 3. The Morgan fingerprint density at radius 1 is 1.38 bits per heavy atom. The molecule has 8 heteroatoms. The van der Waals surface area contributed by atoms with Gasteiger partial charge >= 0.3 is 6.36 Å². The van der Waals surface area contributed by atoms with Gasteiger partial charge in [-0.1, -0.05) is 0 Å². The van der Waals surface area contributed by atoms with Crippen LogP contribution in [-0.2, 0) is 13.3 Å². The summed E-state index contributed by atoms with van der Waals surface area (Å²) in [5.74, 6) is -1.61. The van der Waals surface area contributed by atoms with E-state index in [1.165, 1.54) is 0 Å². The average Bonchev–Trinajstić information content (AvgIpc) is 2.18. The summed E-state index contributed by atoms with van der Waals surface area (Å²) in [5, 5.41) is 17.8. The number of hydrogen-bond donors (Lipinski definition) is 2. The fourth-order valence-corrected chi connectivity index (χ4v) is 0.972. The number of alkyl halides is 4. The molecule has 1 aromatic heterocycles.